The van der Waals surface area contributed by atoms with Crippen molar-refractivity contribution in [2.45, 2.75) is 26.3 Å². The van der Waals surface area contributed by atoms with Gasteiger partial charge >= 0.3 is 0 Å². The van der Waals surface area contributed by atoms with E-state index in [0.717, 1.165) is 0 Å². The maximum atomic E-state index is 11.2. The summed E-state index contributed by atoms with van der Waals surface area (Å²) in [5, 5.41) is 2.63. The van der Waals surface area contributed by atoms with Crippen molar-refractivity contribution >= 4 is 15.9 Å². The zero-order chi connectivity index (χ0) is 12.8. The van der Waals surface area contributed by atoms with Gasteiger partial charge in [0, 0.05) is 19.6 Å². The van der Waals surface area contributed by atoms with Crippen LogP contribution in [0.2, 0.25) is 0 Å². The predicted molar refractivity (Wildman–Crippen MR) is 63.4 cm³/mol. The van der Waals surface area contributed by atoms with Gasteiger partial charge in [-0.1, -0.05) is 6.92 Å². The average molecular weight is 251 g/mol. The number of nitrogens with one attached hydrogen (secondary N) is 1. The summed E-state index contributed by atoms with van der Waals surface area (Å²) in [4.78, 5) is 11.1. The first kappa shape index (κ1) is 15.3. The van der Waals surface area contributed by atoms with E-state index in [9.17, 15) is 13.2 Å². The van der Waals surface area contributed by atoms with E-state index < -0.39 is 16.1 Å². The van der Waals surface area contributed by atoms with Crippen LogP contribution >= 0.6 is 0 Å². The van der Waals surface area contributed by atoms with Crippen LogP contribution in [0.3, 0.4) is 0 Å². The summed E-state index contributed by atoms with van der Waals surface area (Å²) in [6.45, 7) is 4.67. The normalized spacial score (nSPS) is 13.8. The Morgan fingerprint density at radius 2 is 2.06 bits per heavy atom. The van der Waals surface area contributed by atoms with Crippen LogP contribution in [0.4, 0.5) is 0 Å². The van der Waals surface area contributed by atoms with Gasteiger partial charge in [0.1, 0.15) is 0 Å². The Labute approximate surface area is 97.2 Å². The zero-order valence-electron chi connectivity index (χ0n) is 10.1. The van der Waals surface area contributed by atoms with Gasteiger partial charge in [-0.05, 0) is 13.3 Å². The van der Waals surface area contributed by atoms with Crippen molar-refractivity contribution in [1.82, 2.24) is 9.62 Å². The van der Waals surface area contributed by atoms with Gasteiger partial charge < -0.3 is 11.1 Å². The van der Waals surface area contributed by atoms with Crippen LogP contribution in [0, 0.1) is 0 Å². The number of sulfonamides is 1. The molecule has 0 aliphatic heterocycles. The monoisotopic (exact) mass is 251 g/mol. The quantitative estimate of drug-likeness (QED) is 0.575. The Kier molecular flexibility index (Phi) is 6.54. The average Bonchev–Trinajstić information content (AvgIpc) is 2.15. The van der Waals surface area contributed by atoms with Crippen molar-refractivity contribution in [3.05, 3.63) is 0 Å². The minimum atomic E-state index is -3.14. The first-order valence-electron chi connectivity index (χ1n) is 5.27. The second-order valence-corrected chi connectivity index (χ2v) is 5.67. The fourth-order valence-electron chi connectivity index (χ4n) is 1.19. The Morgan fingerprint density at radius 1 is 1.50 bits per heavy atom. The zero-order valence-corrected chi connectivity index (χ0v) is 10.9. The van der Waals surface area contributed by atoms with Gasteiger partial charge in [0.2, 0.25) is 15.9 Å². The molecule has 0 aliphatic carbocycles. The Balaban J connectivity index is 3.86. The fourth-order valence-corrected chi connectivity index (χ4v) is 2.12. The van der Waals surface area contributed by atoms with Gasteiger partial charge in [-0.3, -0.25) is 4.79 Å². The van der Waals surface area contributed by atoms with Crippen LogP contribution < -0.4 is 11.1 Å². The topological polar surface area (TPSA) is 92.5 Å². The highest BCUT2D eigenvalue weighted by Crippen LogP contribution is 1.98. The van der Waals surface area contributed by atoms with E-state index >= 15 is 0 Å². The molecule has 1 atom stereocenters. The van der Waals surface area contributed by atoms with Crippen molar-refractivity contribution in [2.75, 3.05) is 25.9 Å². The Hall–Kier alpha value is -0.660. The highest BCUT2D eigenvalue weighted by Gasteiger charge is 2.13. The SMILES string of the molecule is CCN(CCCNC(=O)[C@@H](C)N)S(C)(=O)=O. The Morgan fingerprint density at radius 3 is 2.44 bits per heavy atom. The molecule has 0 aromatic rings. The summed E-state index contributed by atoms with van der Waals surface area (Å²) in [5.41, 5.74) is 5.36. The molecule has 0 bridgehead atoms. The summed E-state index contributed by atoms with van der Waals surface area (Å²) in [7, 11) is -3.14. The number of hydrogen-bond acceptors (Lipinski definition) is 4. The lowest BCUT2D eigenvalue weighted by atomic mass is 10.3. The number of nitrogens with two attached hydrogens (primary N) is 1. The molecule has 0 unspecified atom stereocenters. The van der Waals surface area contributed by atoms with E-state index in [4.69, 9.17) is 5.73 Å². The molecule has 0 heterocycles. The molecule has 0 fully saturated rings. The van der Waals surface area contributed by atoms with Gasteiger partial charge in [0.15, 0.2) is 0 Å². The molecule has 0 aromatic carbocycles. The second-order valence-electron chi connectivity index (χ2n) is 3.69. The number of hydrogen-bond donors (Lipinski definition) is 2. The summed E-state index contributed by atoms with van der Waals surface area (Å²) >= 11 is 0. The van der Waals surface area contributed by atoms with E-state index in [1.807, 2.05) is 0 Å². The molecule has 96 valence electrons. The van der Waals surface area contributed by atoms with Gasteiger partial charge in [-0.2, -0.15) is 0 Å². The maximum Gasteiger partial charge on any atom is 0.236 e. The van der Waals surface area contributed by atoms with E-state index in [0.29, 0.717) is 26.1 Å². The van der Waals surface area contributed by atoms with Crippen molar-refractivity contribution in [3.63, 3.8) is 0 Å². The molecule has 1 amide bonds. The number of amides is 1. The van der Waals surface area contributed by atoms with Crippen LogP contribution in [0.5, 0.6) is 0 Å². The molecule has 0 aromatic heterocycles. The van der Waals surface area contributed by atoms with Crippen molar-refractivity contribution in [2.24, 2.45) is 5.73 Å². The predicted octanol–water partition coefficient (Wildman–Crippen LogP) is -0.879. The second kappa shape index (κ2) is 6.82. The summed E-state index contributed by atoms with van der Waals surface area (Å²) < 4.78 is 23.8. The summed E-state index contributed by atoms with van der Waals surface area (Å²) in [5.74, 6) is -0.220. The van der Waals surface area contributed by atoms with Crippen LogP contribution in [-0.2, 0) is 14.8 Å². The van der Waals surface area contributed by atoms with E-state index in [1.165, 1.54) is 10.6 Å². The number of carbonyl (C=O) groups is 1. The Bertz CT molecular complexity index is 314. The third-order valence-electron chi connectivity index (χ3n) is 2.12. The molecule has 0 saturated carbocycles. The molecule has 0 spiro atoms. The third kappa shape index (κ3) is 6.04. The minimum absolute atomic E-state index is 0.220. The summed E-state index contributed by atoms with van der Waals surface area (Å²) in [6.07, 6.45) is 1.76. The van der Waals surface area contributed by atoms with Crippen LogP contribution in [0.1, 0.15) is 20.3 Å². The standard InChI is InChI=1S/C9H21N3O3S/c1-4-12(16(3,14)15)7-5-6-11-9(13)8(2)10/h8H,4-7,10H2,1-3H3,(H,11,13)/t8-/m1/s1. The third-order valence-corrected chi connectivity index (χ3v) is 3.50. The highest BCUT2D eigenvalue weighted by atomic mass is 32.2. The summed E-state index contributed by atoms with van der Waals surface area (Å²) in [6, 6.07) is -0.530. The lowest BCUT2D eigenvalue weighted by Gasteiger charge is -2.17. The first-order chi connectivity index (χ1) is 7.29. The van der Waals surface area contributed by atoms with E-state index in [1.54, 1.807) is 13.8 Å². The fraction of sp³-hybridized carbons (Fsp3) is 0.889. The van der Waals surface area contributed by atoms with E-state index in [-0.39, 0.29) is 5.91 Å². The number of rotatable bonds is 7. The van der Waals surface area contributed by atoms with Crippen LogP contribution in [0.15, 0.2) is 0 Å². The van der Waals surface area contributed by atoms with Crippen LogP contribution in [-0.4, -0.2) is 50.6 Å². The molecule has 0 saturated heterocycles. The number of carbonyl (C=O) groups excluding carboxylic acids is 1. The number of nitrogens with zero attached hydrogens (tertiary/aromatic N) is 1. The molecule has 0 rings (SSSR count). The van der Waals surface area contributed by atoms with Gasteiger partial charge in [-0.15, -0.1) is 0 Å². The minimum Gasteiger partial charge on any atom is -0.355 e. The van der Waals surface area contributed by atoms with Crippen molar-refractivity contribution in [1.29, 1.82) is 0 Å². The molecule has 3 N–H and O–H groups in total. The van der Waals surface area contributed by atoms with E-state index in [2.05, 4.69) is 5.32 Å². The van der Waals surface area contributed by atoms with Crippen molar-refractivity contribution in [3.8, 4) is 0 Å². The molecular weight excluding hydrogens is 230 g/mol. The lowest BCUT2D eigenvalue weighted by Crippen LogP contribution is -2.40. The molecule has 7 heteroatoms. The lowest BCUT2D eigenvalue weighted by molar-refractivity contribution is -0.121. The van der Waals surface area contributed by atoms with Crippen molar-refractivity contribution < 1.29 is 13.2 Å². The first-order valence-corrected chi connectivity index (χ1v) is 7.12. The molecule has 6 nitrogen and oxygen atoms in total. The molecule has 0 aliphatic rings. The molecule has 0 radical (unpaired) electrons. The smallest absolute Gasteiger partial charge is 0.236 e. The largest absolute Gasteiger partial charge is 0.355 e. The van der Waals surface area contributed by atoms with Gasteiger partial charge in [-0.25, -0.2) is 12.7 Å². The van der Waals surface area contributed by atoms with Gasteiger partial charge in [0.05, 0.1) is 12.3 Å². The highest BCUT2D eigenvalue weighted by molar-refractivity contribution is 7.88. The molecule has 16 heavy (non-hydrogen) atoms. The molecular formula is C9H21N3O3S. The van der Waals surface area contributed by atoms with Gasteiger partial charge in [0.25, 0.3) is 0 Å². The maximum absolute atomic E-state index is 11.2. The van der Waals surface area contributed by atoms with Crippen LogP contribution in [0.25, 0.3) is 0 Å².